The molecule has 3 amide bonds. The molecular formula is C37H35N3O7S2. The highest BCUT2D eigenvalue weighted by Gasteiger charge is 2.69. The molecule has 7 atom stereocenters. The molecule has 3 heterocycles. The fraction of sp³-hybridized carbons (Fsp3) is 0.351. The second kappa shape index (κ2) is 12.4. The molecule has 2 bridgehead atoms. The van der Waals surface area contributed by atoms with Crippen molar-refractivity contribution in [2.45, 2.75) is 36.5 Å². The Morgan fingerprint density at radius 3 is 2.45 bits per heavy atom. The van der Waals surface area contributed by atoms with Gasteiger partial charge in [-0.3, -0.25) is 24.1 Å². The Morgan fingerprint density at radius 2 is 1.71 bits per heavy atom. The second-order valence-corrected chi connectivity index (χ2v) is 15.2. The van der Waals surface area contributed by atoms with Crippen molar-refractivity contribution in [3.63, 3.8) is 0 Å². The molecule has 1 aromatic heterocycles. The first-order valence-electron chi connectivity index (χ1n) is 16.4. The molecule has 252 valence electrons. The number of thioether (sulfide) groups is 1. The van der Waals surface area contributed by atoms with Crippen LogP contribution in [0, 0.1) is 36.5 Å². The molecule has 2 saturated carbocycles. The zero-order chi connectivity index (χ0) is 34.0. The maximum atomic E-state index is 14.1. The van der Waals surface area contributed by atoms with Gasteiger partial charge in [-0.25, -0.2) is 0 Å². The first kappa shape index (κ1) is 31.7. The molecule has 4 unspecified atom stereocenters. The van der Waals surface area contributed by atoms with E-state index in [4.69, 9.17) is 14.2 Å². The monoisotopic (exact) mass is 697 g/mol. The molecule has 10 nitrogen and oxygen atoms in total. The highest BCUT2D eigenvalue weighted by atomic mass is 32.2. The van der Waals surface area contributed by atoms with Crippen LogP contribution in [-0.2, 0) is 14.4 Å². The number of aryl methyl sites for hydroxylation is 1. The Bertz CT molecular complexity index is 2020. The number of nitrogens with one attached hydrogen (secondary N) is 2. The molecule has 2 aliphatic carbocycles. The largest absolute Gasteiger partial charge is 0.497 e. The number of anilines is 2. The molecule has 0 spiro atoms. The van der Waals surface area contributed by atoms with Crippen LogP contribution in [0.1, 0.15) is 35.3 Å². The molecule has 4 aliphatic rings. The van der Waals surface area contributed by atoms with Crippen molar-refractivity contribution >= 4 is 52.2 Å². The third kappa shape index (κ3) is 5.23. The Hall–Kier alpha value is -4.55. The summed E-state index contributed by atoms with van der Waals surface area (Å²) in [6, 6.07) is 20.3. The molecule has 8 rings (SSSR count). The normalized spacial score (nSPS) is 26.3. The fourth-order valence-corrected chi connectivity index (χ4v) is 11.4. The molecule has 0 radical (unpaired) electrons. The van der Waals surface area contributed by atoms with E-state index in [0.29, 0.717) is 29.5 Å². The average molecular weight is 698 g/mol. The maximum Gasteiger partial charge on any atom is 0.305 e. The summed E-state index contributed by atoms with van der Waals surface area (Å²) in [6.07, 6.45) is 0.788. The van der Waals surface area contributed by atoms with Crippen LogP contribution in [0.25, 0.3) is 0 Å². The number of carbonyl (C=O) groups is 3. The number of thiazole rings is 1. The average Bonchev–Trinajstić information content (AvgIpc) is 3.84. The van der Waals surface area contributed by atoms with Gasteiger partial charge in [0.05, 0.1) is 36.3 Å². The van der Waals surface area contributed by atoms with E-state index in [1.54, 1.807) is 43.1 Å². The number of rotatable bonds is 9. The van der Waals surface area contributed by atoms with E-state index in [2.05, 4.69) is 10.3 Å². The van der Waals surface area contributed by atoms with Crippen molar-refractivity contribution in [2.75, 3.05) is 30.5 Å². The molecule has 3 aromatic carbocycles. The Balaban J connectivity index is 1.10. The summed E-state index contributed by atoms with van der Waals surface area (Å²) >= 11 is 2.86. The van der Waals surface area contributed by atoms with Gasteiger partial charge in [0.15, 0.2) is 18.1 Å². The summed E-state index contributed by atoms with van der Waals surface area (Å²) in [5.74, 6) is 0.0431. The van der Waals surface area contributed by atoms with Crippen molar-refractivity contribution in [1.29, 1.82) is 0 Å². The van der Waals surface area contributed by atoms with Crippen LogP contribution in [0.15, 0.2) is 76.6 Å². The SMILES string of the molecule is CCOc1cc([C@H]2c3sc(=O)[nH]c3SC3C2[C@H]2C[C@@H]3C3C(=O)N(c4ccc(OC)cc4)C(=O)C32)ccc1OCC(=O)Nc1ccccc1C. The number of amides is 3. The highest BCUT2D eigenvalue weighted by Crippen LogP contribution is 2.68. The Kier molecular flexibility index (Phi) is 8.02. The Morgan fingerprint density at radius 1 is 0.959 bits per heavy atom. The van der Waals surface area contributed by atoms with E-state index < -0.39 is 5.92 Å². The lowest BCUT2D eigenvalue weighted by molar-refractivity contribution is -0.123. The number of methoxy groups -OCH3 is 1. The van der Waals surface area contributed by atoms with Gasteiger partial charge in [0, 0.05) is 21.7 Å². The van der Waals surface area contributed by atoms with Crippen LogP contribution in [0.5, 0.6) is 17.2 Å². The maximum absolute atomic E-state index is 14.1. The van der Waals surface area contributed by atoms with E-state index in [-0.39, 0.29) is 64.0 Å². The predicted octanol–water partition coefficient (Wildman–Crippen LogP) is 5.85. The van der Waals surface area contributed by atoms with E-state index >= 15 is 0 Å². The van der Waals surface area contributed by atoms with Crippen molar-refractivity contribution in [2.24, 2.45) is 29.6 Å². The number of nitrogens with zero attached hydrogens (tertiary/aromatic N) is 1. The van der Waals surface area contributed by atoms with Crippen molar-refractivity contribution in [3.05, 3.63) is 92.4 Å². The zero-order valence-corrected chi connectivity index (χ0v) is 28.8. The summed E-state index contributed by atoms with van der Waals surface area (Å²) in [5.41, 5.74) is 3.18. The van der Waals surface area contributed by atoms with Crippen molar-refractivity contribution < 1.29 is 28.6 Å². The summed E-state index contributed by atoms with van der Waals surface area (Å²) in [7, 11) is 1.58. The van der Waals surface area contributed by atoms with E-state index in [1.165, 1.54) is 16.2 Å². The minimum Gasteiger partial charge on any atom is -0.497 e. The summed E-state index contributed by atoms with van der Waals surface area (Å²) in [5, 5.41) is 3.78. The minimum atomic E-state index is -0.415. The fourth-order valence-electron chi connectivity index (χ4n) is 8.52. The van der Waals surface area contributed by atoms with Crippen LogP contribution in [-0.4, -0.2) is 48.3 Å². The molecule has 2 aliphatic heterocycles. The third-order valence-electron chi connectivity index (χ3n) is 10.5. The number of hydrogen-bond acceptors (Lipinski definition) is 9. The zero-order valence-electron chi connectivity index (χ0n) is 27.1. The van der Waals surface area contributed by atoms with Gasteiger partial charge in [-0.05, 0) is 91.6 Å². The molecule has 49 heavy (non-hydrogen) atoms. The van der Waals surface area contributed by atoms with E-state index in [0.717, 1.165) is 33.1 Å². The lowest BCUT2D eigenvalue weighted by Gasteiger charge is -2.43. The lowest BCUT2D eigenvalue weighted by atomic mass is 9.68. The summed E-state index contributed by atoms with van der Waals surface area (Å²) < 4.78 is 17.3. The van der Waals surface area contributed by atoms with Crippen molar-refractivity contribution in [3.8, 4) is 17.2 Å². The van der Waals surface area contributed by atoms with Gasteiger partial charge in [-0.15, -0.1) is 11.8 Å². The molecule has 2 N–H and O–H groups in total. The topological polar surface area (TPSA) is 127 Å². The number of hydrogen-bond donors (Lipinski definition) is 2. The smallest absolute Gasteiger partial charge is 0.305 e. The molecule has 3 fully saturated rings. The number of ether oxygens (including phenoxy) is 3. The van der Waals surface area contributed by atoms with Gasteiger partial charge < -0.3 is 24.5 Å². The number of benzene rings is 3. The van der Waals surface area contributed by atoms with Crippen LogP contribution in [0.2, 0.25) is 0 Å². The van der Waals surface area contributed by atoms with Gasteiger partial charge in [-0.2, -0.15) is 0 Å². The predicted molar refractivity (Wildman–Crippen MR) is 187 cm³/mol. The number of para-hydroxylation sites is 1. The second-order valence-electron chi connectivity index (χ2n) is 13.0. The number of fused-ring (bicyclic) bond motifs is 9. The van der Waals surface area contributed by atoms with Gasteiger partial charge in [0.25, 0.3) is 5.91 Å². The summed E-state index contributed by atoms with van der Waals surface area (Å²) in [6.45, 7) is 4.00. The first-order chi connectivity index (χ1) is 23.8. The van der Waals surface area contributed by atoms with Crippen LogP contribution < -0.4 is 29.3 Å². The van der Waals surface area contributed by atoms with Crippen LogP contribution >= 0.6 is 23.1 Å². The highest BCUT2D eigenvalue weighted by molar-refractivity contribution is 8.00. The van der Waals surface area contributed by atoms with Crippen molar-refractivity contribution in [1.82, 2.24) is 4.98 Å². The van der Waals surface area contributed by atoms with Gasteiger partial charge in [0.1, 0.15) is 5.75 Å². The molecule has 12 heteroatoms. The molecular weight excluding hydrogens is 663 g/mol. The standard InChI is InChI=1S/C37H35N3O7S2/c1-4-46-26-15-19(9-14-25(26)47-17-27(41)38-24-8-6-5-7-18(24)2)28-29-22-16-23(32(29)48-34-33(28)49-37(44)39-34)31-30(22)35(42)40(36(31)43)20-10-12-21(45-3)13-11-20/h5-15,22-23,28-32H,4,16-17H2,1-3H3,(H,38,41)(H,39,44)/t22-,23-,28-,29?,30?,31?,32?/m1/s1. The van der Waals surface area contributed by atoms with Crippen LogP contribution in [0.3, 0.4) is 0 Å². The van der Waals surface area contributed by atoms with E-state index in [1.807, 2.05) is 56.3 Å². The van der Waals surface area contributed by atoms with E-state index in [9.17, 15) is 19.2 Å². The number of carbonyl (C=O) groups excluding carboxylic acids is 3. The minimum absolute atomic E-state index is 0.00415. The number of imide groups is 1. The lowest BCUT2D eigenvalue weighted by Crippen LogP contribution is -2.42. The number of aromatic amines is 1. The third-order valence-corrected chi connectivity index (χ3v) is 13.0. The number of aromatic nitrogens is 1. The molecule has 1 saturated heterocycles. The van der Waals surface area contributed by atoms with Crippen LogP contribution in [0.4, 0.5) is 11.4 Å². The summed E-state index contributed by atoms with van der Waals surface area (Å²) in [4.78, 5) is 58.8. The first-order valence-corrected chi connectivity index (χ1v) is 18.1. The van der Waals surface area contributed by atoms with Gasteiger partial charge in [0.2, 0.25) is 11.8 Å². The van der Waals surface area contributed by atoms with Gasteiger partial charge >= 0.3 is 4.87 Å². The Labute approximate surface area is 291 Å². The number of H-pyrrole nitrogens is 1. The van der Waals surface area contributed by atoms with Gasteiger partial charge in [-0.1, -0.05) is 35.6 Å². The molecule has 4 aromatic rings. The quantitative estimate of drug-likeness (QED) is 0.209.